The number of nitrogens with one attached hydrogen (secondary N) is 2. The highest BCUT2D eigenvalue weighted by Crippen LogP contribution is 2.29. The Labute approximate surface area is 94.2 Å². The lowest BCUT2D eigenvalue weighted by Gasteiger charge is -2.31. The van der Waals surface area contributed by atoms with Crippen molar-refractivity contribution in [3.8, 4) is 0 Å². The van der Waals surface area contributed by atoms with Crippen LogP contribution in [-0.2, 0) is 0 Å². The Bertz CT molecular complexity index is 388. The second kappa shape index (κ2) is 3.90. The molecule has 0 bridgehead atoms. The van der Waals surface area contributed by atoms with Gasteiger partial charge < -0.3 is 10.3 Å². The zero-order valence-corrected chi connectivity index (χ0v) is 9.60. The number of aromatic amines is 1. The van der Waals surface area contributed by atoms with E-state index in [1.807, 2.05) is 0 Å². The Balaban J connectivity index is 2.10. The summed E-state index contributed by atoms with van der Waals surface area (Å²) in [5, 5.41) is 3.41. The minimum absolute atomic E-state index is 0.177. The van der Waals surface area contributed by atoms with Crippen LogP contribution in [0.1, 0.15) is 12.8 Å². The summed E-state index contributed by atoms with van der Waals surface area (Å²) >= 11 is 9.02. The van der Waals surface area contributed by atoms with E-state index in [2.05, 4.69) is 31.2 Å². The van der Waals surface area contributed by atoms with E-state index in [1.165, 1.54) is 6.33 Å². The fourth-order valence-corrected chi connectivity index (χ4v) is 2.10. The van der Waals surface area contributed by atoms with Gasteiger partial charge in [-0.05, 0) is 28.8 Å². The van der Waals surface area contributed by atoms with Crippen LogP contribution in [0.2, 0.25) is 0 Å². The van der Waals surface area contributed by atoms with Crippen molar-refractivity contribution >= 4 is 33.3 Å². The molecule has 0 spiro atoms. The molecule has 0 aromatic carbocycles. The van der Waals surface area contributed by atoms with Crippen LogP contribution in [0, 0.1) is 0 Å². The van der Waals surface area contributed by atoms with Crippen LogP contribution < -0.4 is 10.9 Å². The van der Waals surface area contributed by atoms with E-state index in [0.29, 0.717) is 16.3 Å². The topological polar surface area (TPSA) is 57.8 Å². The second-order valence-corrected chi connectivity index (χ2v) is 4.71. The van der Waals surface area contributed by atoms with Gasteiger partial charge in [-0.3, -0.25) is 4.79 Å². The molecule has 1 fully saturated rings. The number of hydrogen-bond acceptors (Lipinski definition) is 3. The molecule has 4 nitrogen and oxygen atoms in total. The molecular weight excluding hydrogens is 269 g/mol. The summed E-state index contributed by atoms with van der Waals surface area (Å²) in [5.41, 5.74) is -0.177. The molecule has 1 aliphatic rings. The Morgan fingerprint density at radius 3 is 3.00 bits per heavy atom. The molecular formula is C8H9BrClN3O. The number of hydrogen-bond donors (Lipinski definition) is 2. The molecule has 0 saturated heterocycles. The smallest absolute Gasteiger partial charge is 0.267 e. The first kappa shape index (κ1) is 9.98. The maximum absolute atomic E-state index is 11.2. The van der Waals surface area contributed by atoms with Gasteiger partial charge in [-0.2, -0.15) is 0 Å². The van der Waals surface area contributed by atoms with Crippen molar-refractivity contribution in [1.82, 2.24) is 9.97 Å². The highest BCUT2D eigenvalue weighted by Gasteiger charge is 2.27. The monoisotopic (exact) mass is 277 g/mol. The first-order chi connectivity index (χ1) is 6.66. The maximum Gasteiger partial charge on any atom is 0.267 e. The van der Waals surface area contributed by atoms with Gasteiger partial charge in [-0.15, -0.1) is 11.6 Å². The molecule has 2 rings (SSSR count). The number of nitrogens with zero attached hydrogens (tertiary/aromatic N) is 1. The van der Waals surface area contributed by atoms with Crippen molar-refractivity contribution in [2.24, 2.45) is 0 Å². The number of alkyl halides is 1. The van der Waals surface area contributed by atoms with Gasteiger partial charge in [0.1, 0.15) is 10.3 Å². The lowest BCUT2D eigenvalue weighted by molar-refractivity contribution is 0.453. The molecule has 1 aromatic rings. The van der Waals surface area contributed by atoms with Gasteiger partial charge in [0.05, 0.1) is 6.33 Å². The van der Waals surface area contributed by atoms with Gasteiger partial charge in [0.15, 0.2) is 0 Å². The van der Waals surface area contributed by atoms with Crippen molar-refractivity contribution in [2.75, 3.05) is 5.32 Å². The fourth-order valence-electron chi connectivity index (χ4n) is 1.34. The number of anilines is 1. The summed E-state index contributed by atoms with van der Waals surface area (Å²) < 4.78 is 0.443. The molecule has 1 heterocycles. The normalized spacial score (nSPS) is 25.6. The highest BCUT2D eigenvalue weighted by molar-refractivity contribution is 9.10. The van der Waals surface area contributed by atoms with Gasteiger partial charge in [-0.1, -0.05) is 0 Å². The molecule has 14 heavy (non-hydrogen) atoms. The van der Waals surface area contributed by atoms with Crippen molar-refractivity contribution < 1.29 is 0 Å². The molecule has 1 saturated carbocycles. The van der Waals surface area contributed by atoms with Gasteiger partial charge in [0.25, 0.3) is 5.56 Å². The van der Waals surface area contributed by atoms with Crippen molar-refractivity contribution in [2.45, 2.75) is 24.3 Å². The predicted molar refractivity (Wildman–Crippen MR) is 58.8 cm³/mol. The number of rotatable bonds is 2. The maximum atomic E-state index is 11.2. The minimum atomic E-state index is -0.177. The minimum Gasteiger partial charge on any atom is -0.366 e. The highest BCUT2D eigenvalue weighted by atomic mass is 79.9. The summed E-state index contributed by atoms with van der Waals surface area (Å²) in [6.07, 6.45) is 3.22. The van der Waals surface area contributed by atoms with Gasteiger partial charge in [-0.25, -0.2) is 4.98 Å². The SMILES string of the molecule is O=c1[nH]cnc(NC2CC(Cl)C2)c1Br. The first-order valence-corrected chi connectivity index (χ1v) is 5.53. The Morgan fingerprint density at radius 2 is 2.36 bits per heavy atom. The lowest BCUT2D eigenvalue weighted by atomic mass is 9.92. The third-order valence-corrected chi connectivity index (χ3v) is 3.31. The third kappa shape index (κ3) is 1.93. The second-order valence-electron chi connectivity index (χ2n) is 3.30. The van der Waals surface area contributed by atoms with Gasteiger partial charge in [0, 0.05) is 11.4 Å². The molecule has 0 aliphatic heterocycles. The Hall–Kier alpha value is -0.550. The van der Waals surface area contributed by atoms with Crippen LogP contribution in [0.25, 0.3) is 0 Å². The molecule has 6 heteroatoms. The van der Waals surface area contributed by atoms with E-state index in [0.717, 1.165) is 12.8 Å². The number of aromatic nitrogens is 2. The zero-order valence-electron chi connectivity index (χ0n) is 7.26. The van der Waals surface area contributed by atoms with E-state index in [9.17, 15) is 4.79 Å². The molecule has 1 aliphatic carbocycles. The molecule has 0 radical (unpaired) electrons. The molecule has 0 amide bonds. The average molecular weight is 279 g/mol. The largest absolute Gasteiger partial charge is 0.366 e. The van der Waals surface area contributed by atoms with E-state index in [4.69, 9.17) is 11.6 Å². The molecule has 2 N–H and O–H groups in total. The molecule has 76 valence electrons. The lowest BCUT2D eigenvalue weighted by Crippen LogP contribution is -2.36. The number of halogens is 2. The Kier molecular flexibility index (Phi) is 2.78. The van der Waals surface area contributed by atoms with E-state index >= 15 is 0 Å². The summed E-state index contributed by atoms with van der Waals surface area (Å²) in [5.74, 6) is 0.585. The zero-order chi connectivity index (χ0) is 10.1. The predicted octanol–water partition coefficient (Wildman–Crippen LogP) is 1.71. The van der Waals surface area contributed by atoms with Gasteiger partial charge >= 0.3 is 0 Å². The molecule has 0 unspecified atom stereocenters. The van der Waals surface area contributed by atoms with Crippen molar-refractivity contribution in [3.05, 3.63) is 21.2 Å². The number of H-pyrrole nitrogens is 1. The summed E-state index contributed by atoms with van der Waals surface area (Å²) in [4.78, 5) is 17.7. The van der Waals surface area contributed by atoms with Crippen LogP contribution in [0.3, 0.4) is 0 Å². The van der Waals surface area contributed by atoms with Crippen LogP contribution in [0.15, 0.2) is 15.6 Å². The average Bonchev–Trinajstić information content (AvgIpc) is 2.10. The summed E-state index contributed by atoms with van der Waals surface area (Å²) in [7, 11) is 0. The van der Waals surface area contributed by atoms with Crippen LogP contribution in [0.4, 0.5) is 5.82 Å². The van der Waals surface area contributed by atoms with E-state index < -0.39 is 0 Å². The summed E-state index contributed by atoms with van der Waals surface area (Å²) in [6.45, 7) is 0. The Morgan fingerprint density at radius 1 is 1.64 bits per heavy atom. The van der Waals surface area contributed by atoms with Gasteiger partial charge in [0.2, 0.25) is 0 Å². The van der Waals surface area contributed by atoms with Crippen LogP contribution in [0.5, 0.6) is 0 Å². The summed E-state index contributed by atoms with van der Waals surface area (Å²) in [6, 6.07) is 0.336. The van der Waals surface area contributed by atoms with Crippen molar-refractivity contribution in [3.63, 3.8) is 0 Å². The van der Waals surface area contributed by atoms with Crippen LogP contribution >= 0.6 is 27.5 Å². The standard InChI is InChI=1S/C8H9BrClN3O/c9-6-7(11-3-12-8(6)14)13-5-1-4(10)2-5/h3-5H,1-2H2,(H2,11,12,13,14). The molecule has 0 atom stereocenters. The fraction of sp³-hybridized carbons (Fsp3) is 0.500. The first-order valence-electron chi connectivity index (χ1n) is 4.30. The van der Waals surface area contributed by atoms with Crippen molar-refractivity contribution in [1.29, 1.82) is 0 Å². The quantitative estimate of drug-likeness (QED) is 0.810. The van der Waals surface area contributed by atoms with E-state index in [-0.39, 0.29) is 10.9 Å². The van der Waals surface area contributed by atoms with E-state index in [1.54, 1.807) is 0 Å². The van der Waals surface area contributed by atoms with Crippen LogP contribution in [-0.4, -0.2) is 21.4 Å². The third-order valence-electron chi connectivity index (χ3n) is 2.22. The molecule has 1 aromatic heterocycles.